The first-order valence-corrected chi connectivity index (χ1v) is 7.21. The molecule has 0 bridgehead atoms. The first kappa shape index (κ1) is 16.7. The predicted molar refractivity (Wildman–Crippen MR) is 80.7 cm³/mol. The summed E-state index contributed by atoms with van der Waals surface area (Å²) in [6.07, 6.45) is 0.120. The highest BCUT2D eigenvalue weighted by Gasteiger charge is 2.35. The minimum Gasteiger partial charge on any atom is -0.469 e. The number of fused-ring (bicyclic) bond motifs is 1. The molecule has 0 fully saturated rings. The number of rotatable bonds is 6. The molecule has 0 radical (unpaired) electrons. The topological polar surface area (TPSA) is 84.0 Å². The highest BCUT2D eigenvalue weighted by atomic mass is 16.5. The van der Waals surface area contributed by atoms with Gasteiger partial charge in [-0.25, -0.2) is 0 Å². The lowest BCUT2D eigenvalue weighted by Crippen LogP contribution is -2.36. The van der Waals surface area contributed by atoms with Gasteiger partial charge in [-0.2, -0.15) is 0 Å². The number of esters is 1. The Bertz CT molecular complexity index is 621. The lowest BCUT2D eigenvalue weighted by Gasteiger charge is -2.19. The second-order valence-corrected chi connectivity index (χ2v) is 5.20. The van der Waals surface area contributed by atoms with Gasteiger partial charge in [-0.05, 0) is 12.1 Å². The SMILES string of the molecule is COC(=O)CCN(C)C(=O)CCN1C(=O)c2ccccc2C1=O. The highest BCUT2D eigenvalue weighted by Crippen LogP contribution is 2.22. The number of hydrogen-bond donors (Lipinski definition) is 0. The molecule has 0 saturated heterocycles. The van der Waals surface area contributed by atoms with E-state index in [2.05, 4.69) is 4.74 Å². The zero-order chi connectivity index (χ0) is 17.0. The smallest absolute Gasteiger partial charge is 0.307 e. The molecule has 7 nitrogen and oxygen atoms in total. The van der Waals surface area contributed by atoms with E-state index in [0.29, 0.717) is 11.1 Å². The van der Waals surface area contributed by atoms with Crippen LogP contribution < -0.4 is 0 Å². The maximum Gasteiger partial charge on any atom is 0.307 e. The normalized spacial score (nSPS) is 13.0. The van der Waals surface area contributed by atoms with Crippen molar-refractivity contribution in [3.63, 3.8) is 0 Å². The summed E-state index contributed by atoms with van der Waals surface area (Å²) >= 11 is 0. The van der Waals surface area contributed by atoms with E-state index in [1.807, 2.05) is 0 Å². The second-order valence-electron chi connectivity index (χ2n) is 5.20. The Kier molecular flexibility index (Phi) is 5.10. The number of nitrogens with zero attached hydrogens (tertiary/aromatic N) is 2. The molecular formula is C16H18N2O5. The fraction of sp³-hybridized carbons (Fsp3) is 0.375. The zero-order valence-electron chi connectivity index (χ0n) is 13.1. The molecule has 1 heterocycles. The van der Waals surface area contributed by atoms with Crippen LogP contribution in [-0.4, -0.2) is 60.7 Å². The molecule has 1 aliphatic heterocycles. The molecule has 0 aromatic heterocycles. The van der Waals surface area contributed by atoms with Gasteiger partial charge in [0.05, 0.1) is 24.7 Å². The van der Waals surface area contributed by atoms with E-state index in [1.54, 1.807) is 31.3 Å². The molecule has 122 valence electrons. The Balaban J connectivity index is 1.89. The van der Waals surface area contributed by atoms with Crippen molar-refractivity contribution in [2.24, 2.45) is 0 Å². The molecule has 0 atom stereocenters. The first-order chi connectivity index (χ1) is 11.0. The molecule has 23 heavy (non-hydrogen) atoms. The van der Waals surface area contributed by atoms with Crippen molar-refractivity contribution >= 4 is 23.7 Å². The molecule has 0 aliphatic carbocycles. The summed E-state index contributed by atoms with van der Waals surface area (Å²) in [5.74, 6) is -1.40. The van der Waals surface area contributed by atoms with Gasteiger partial charge < -0.3 is 9.64 Å². The molecule has 0 N–H and O–H groups in total. The van der Waals surface area contributed by atoms with Gasteiger partial charge in [-0.3, -0.25) is 24.1 Å². The Labute approximate surface area is 133 Å². The van der Waals surface area contributed by atoms with Gasteiger partial charge in [0.25, 0.3) is 11.8 Å². The van der Waals surface area contributed by atoms with Crippen molar-refractivity contribution in [1.29, 1.82) is 0 Å². The molecule has 0 spiro atoms. The van der Waals surface area contributed by atoms with E-state index in [-0.39, 0.29) is 43.7 Å². The summed E-state index contributed by atoms with van der Waals surface area (Å²) in [6.45, 7) is 0.251. The predicted octanol–water partition coefficient (Wildman–Crippen LogP) is 0.694. The average Bonchev–Trinajstić information content (AvgIpc) is 2.81. The van der Waals surface area contributed by atoms with E-state index in [0.717, 1.165) is 4.90 Å². The monoisotopic (exact) mass is 318 g/mol. The number of carbonyl (C=O) groups is 4. The van der Waals surface area contributed by atoms with Gasteiger partial charge in [-0.1, -0.05) is 12.1 Å². The largest absolute Gasteiger partial charge is 0.469 e. The summed E-state index contributed by atoms with van der Waals surface area (Å²) in [5, 5.41) is 0. The Morgan fingerprint density at radius 3 is 2.17 bits per heavy atom. The van der Waals surface area contributed by atoms with Crippen LogP contribution in [0.2, 0.25) is 0 Å². The van der Waals surface area contributed by atoms with Crippen LogP contribution in [-0.2, 0) is 14.3 Å². The minimum absolute atomic E-state index is 0.0170. The van der Waals surface area contributed by atoms with Gasteiger partial charge in [0.2, 0.25) is 5.91 Å². The molecule has 1 aromatic carbocycles. The molecule has 0 saturated carbocycles. The van der Waals surface area contributed by atoms with Crippen LogP contribution in [0.25, 0.3) is 0 Å². The van der Waals surface area contributed by atoms with Crippen LogP contribution in [0, 0.1) is 0 Å². The van der Waals surface area contributed by atoms with Crippen LogP contribution in [0.15, 0.2) is 24.3 Å². The van der Waals surface area contributed by atoms with Crippen molar-refractivity contribution in [2.75, 3.05) is 27.2 Å². The van der Waals surface area contributed by atoms with Gasteiger partial charge in [0, 0.05) is 26.6 Å². The highest BCUT2D eigenvalue weighted by molar-refractivity contribution is 6.21. The van der Waals surface area contributed by atoms with Gasteiger partial charge in [-0.15, -0.1) is 0 Å². The van der Waals surface area contributed by atoms with E-state index in [1.165, 1.54) is 12.0 Å². The third-order valence-electron chi connectivity index (χ3n) is 3.73. The van der Waals surface area contributed by atoms with Gasteiger partial charge in [0.15, 0.2) is 0 Å². The van der Waals surface area contributed by atoms with Crippen molar-refractivity contribution in [2.45, 2.75) is 12.8 Å². The van der Waals surface area contributed by atoms with E-state index in [4.69, 9.17) is 0 Å². The average molecular weight is 318 g/mol. The molecule has 0 unspecified atom stereocenters. The van der Waals surface area contributed by atoms with Crippen LogP contribution in [0.1, 0.15) is 33.6 Å². The number of imide groups is 1. The second kappa shape index (κ2) is 7.04. The van der Waals surface area contributed by atoms with Crippen LogP contribution in [0.5, 0.6) is 0 Å². The van der Waals surface area contributed by atoms with Crippen LogP contribution in [0.4, 0.5) is 0 Å². The molecule has 1 aromatic rings. The standard InChI is InChI=1S/C16H18N2O5/c1-17(9-8-14(20)23-2)13(19)7-10-18-15(21)11-5-3-4-6-12(11)16(18)22/h3-6H,7-10H2,1-2H3. The maximum atomic E-state index is 12.2. The summed E-state index contributed by atoms with van der Waals surface area (Å²) < 4.78 is 4.51. The number of hydrogen-bond acceptors (Lipinski definition) is 5. The van der Waals surface area contributed by atoms with Crippen molar-refractivity contribution in [3.05, 3.63) is 35.4 Å². The number of carbonyl (C=O) groups excluding carboxylic acids is 4. The first-order valence-electron chi connectivity index (χ1n) is 7.21. The zero-order valence-corrected chi connectivity index (χ0v) is 13.1. The number of amides is 3. The van der Waals surface area contributed by atoms with Gasteiger partial charge >= 0.3 is 5.97 Å². The summed E-state index contributed by atoms with van der Waals surface area (Å²) in [7, 11) is 2.85. The Morgan fingerprint density at radius 2 is 1.65 bits per heavy atom. The molecule has 3 amide bonds. The van der Waals surface area contributed by atoms with Crippen molar-refractivity contribution < 1.29 is 23.9 Å². The van der Waals surface area contributed by atoms with E-state index < -0.39 is 5.97 Å². The maximum absolute atomic E-state index is 12.2. The Morgan fingerprint density at radius 1 is 1.09 bits per heavy atom. The molecule has 1 aliphatic rings. The Hall–Kier alpha value is -2.70. The fourth-order valence-electron chi connectivity index (χ4n) is 2.33. The molecular weight excluding hydrogens is 300 g/mol. The third-order valence-corrected chi connectivity index (χ3v) is 3.73. The summed E-state index contributed by atoms with van der Waals surface area (Å²) in [6, 6.07) is 6.58. The quantitative estimate of drug-likeness (QED) is 0.569. The number of benzene rings is 1. The lowest BCUT2D eigenvalue weighted by atomic mass is 10.1. The number of ether oxygens (including phenoxy) is 1. The van der Waals surface area contributed by atoms with Gasteiger partial charge in [0.1, 0.15) is 0 Å². The van der Waals surface area contributed by atoms with Crippen molar-refractivity contribution in [1.82, 2.24) is 9.80 Å². The third kappa shape index (κ3) is 3.56. The fourth-order valence-corrected chi connectivity index (χ4v) is 2.33. The molecule has 7 heteroatoms. The summed E-state index contributed by atoms with van der Waals surface area (Å²) in [4.78, 5) is 49.9. The lowest BCUT2D eigenvalue weighted by molar-refractivity contribution is -0.141. The van der Waals surface area contributed by atoms with E-state index >= 15 is 0 Å². The van der Waals surface area contributed by atoms with Crippen LogP contribution in [0.3, 0.4) is 0 Å². The van der Waals surface area contributed by atoms with E-state index in [9.17, 15) is 19.2 Å². The van der Waals surface area contributed by atoms with Crippen LogP contribution >= 0.6 is 0 Å². The summed E-state index contributed by atoms with van der Waals surface area (Å²) in [5.41, 5.74) is 0.730. The minimum atomic E-state index is -0.398. The van der Waals surface area contributed by atoms with Crippen molar-refractivity contribution in [3.8, 4) is 0 Å². The molecule has 2 rings (SSSR count). The number of methoxy groups -OCH3 is 1.